The molecule has 6 nitrogen and oxygen atoms in total. The fraction of sp³-hybridized carbons (Fsp3) is 0.600. The van der Waals surface area contributed by atoms with Crippen LogP contribution in [0.25, 0.3) is 0 Å². The number of hydrogen-bond donors (Lipinski definition) is 2. The third kappa shape index (κ3) is 4.83. The quantitative estimate of drug-likeness (QED) is 0.829. The van der Waals surface area contributed by atoms with Crippen LogP contribution in [0, 0.1) is 5.92 Å². The van der Waals surface area contributed by atoms with Crippen LogP contribution in [0.3, 0.4) is 0 Å². The van der Waals surface area contributed by atoms with Crippen LogP contribution >= 0.6 is 0 Å². The van der Waals surface area contributed by atoms with E-state index in [1.165, 1.54) is 5.56 Å². The third-order valence-corrected chi connectivity index (χ3v) is 5.67. The molecule has 3 rings (SSSR count). The molecule has 1 saturated heterocycles. The molecule has 1 aromatic carbocycles. The molecule has 1 heterocycles. The van der Waals surface area contributed by atoms with Crippen molar-refractivity contribution in [1.82, 2.24) is 15.1 Å². The zero-order valence-electron chi connectivity index (χ0n) is 15.6. The lowest BCUT2D eigenvalue weighted by molar-refractivity contribution is -0.123. The zero-order valence-corrected chi connectivity index (χ0v) is 15.6. The highest BCUT2D eigenvalue weighted by atomic mass is 16.2. The monoisotopic (exact) mass is 358 g/mol. The number of amides is 2. The first-order chi connectivity index (χ1) is 12.5. The molecular formula is C20H30N4O2. The average molecular weight is 358 g/mol. The second-order valence-corrected chi connectivity index (χ2v) is 7.65. The van der Waals surface area contributed by atoms with Crippen molar-refractivity contribution in [3.63, 3.8) is 0 Å². The molecule has 0 bridgehead atoms. The Morgan fingerprint density at radius 1 is 1.08 bits per heavy atom. The van der Waals surface area contributed by atoms with Gasteiger partial charge in [0.25, 0.3) is 5.91 Å². The Morgan fingerprint density at radius 3 is 2.38 bits per heavy atom. The van der Waals surface area contributed by atoms with Crippen molar-refractivity contribution < 1.29 is 9.59 Å². The smallest absolute Gasteiger partial charge is 0.251 e. The first kappa shape index (κ1) is 18.9. The Kier molecular flexibility index (Phi) is 6.27. The van der Waals surface area contributed by atoms with E-state index in [2.05, 4.69) is 22.2 Å². The van der Waals surface area contributed by atoms with Gasteiger partial charge in [-0.15, -0.1) is 0 Å². The molecule has 6 heteroatoms. The van der Waals surface area contributed by atoms with Crippen LogP contribution in [0.4, 0.5) is 0 Å². The zero-order chi connectivity index (χ0) is 18.5. The Labute approximate surface area is 155 Å². The first-order valence-electron chi connectivity index (χ1n) is 9.63. The minimum absolute atomic E-state index is 0.116. The molecule has 1 aromatic rings. The fourth-order valence-electron chi connectivity index (χ4n) is 3.92. The number of benzene rings is 1. The molecule has 2 aliphatic rings. The summed E-state index contributed by atoms with van der Waals surface area (Å²) in [5.74, 6) is -0.670. The van der Waals surface area contributed by atoms with E-state index in [-0.39, 0.29) is 23.8 Å². The van der Waals surface area contributed by atoms with E-state index in [1.807, 2.05) is 24.3 Å². The maximum absolute atomic E-state index is 12.5. The highest BCUT2D eigenvalue weighted by molar-refractivity contribution is 5.94. The van der Waals surface area contributed by atoms with Crippen LogP contribution in [0.2, 0.25) is 0 Å². The van der Waals surface area contributed by atoms with Crippen LogP contribution in [-0.4, -0.2) is 60.9 Å². The molecule has 2 unspecified atom stereocenters. The number of carbonyl (C=O) groups excluding carboxylic acids is 2. The predicted octanol–water partition coefficient (Wildman–Crippen LogP) is 1.21. The Hall–Kier alpha value is -1.92. The summed E-state index contributed by atoms with van der Waals surface area (Å²) in [5.41, 5.74) is 7.35. The van der Waals surface area contributed by atoms with Crippen molar-refractivity contribution in [2.24, 2.45) is 11.7 Å². The summed E-state index contributed by atoms with van der Waals surface area (Å²) in [6.07, 6.45) is 3.62. The lowest BCUT2D eigenvalue weighted by atomic mass is 9.84. The molecule has 0 radical (unpaired) electrons. The predicted molar refractivity (Wildman–Crippen MR) is 102 cm³/mol. The van der Waals surface area contributed by atoms with Gasteiger partial charge in [-0.3, -0.25) is 14.5 Å². The van der Waals surface area contributed by atoms with Crippen LogP contribution in [0.15, 0.2) is 24.3 Å². The molecule has 0 aromatic heterocycles. The molecule has 1 aliphatic carbocycles. The van der Waals surface area contributed by atoms with E-state index < -0.39 is 0 Å². The summed E-state index contributed by atoms with van der Waals surface area (Å²) in [6, 6.07) is 7.67. The second-order valence-electron chi connectivity index (χ2n) is 7.65. The van der Waals surface area contributed by atoms with Crippen molar-refractivity contribution in [2.75, 3.05) is 33.2 Å². The molecule has 2 fully saturated rings. The van der Waals surface area contributed by atoms with Gasteiger partial charge >= 0.3 is 0 Å². The summed E-state index contributed by atoms with van der Waals surface area (Å²) in [4.78, 5) is 28.9. The van der Waals surface area contributed by atoms with E-state index in [4.69, 9.17) is 5.73 Å². The van der Waals surface area contributed by atoms with Gasteiger partial charge in [-0.1, -0.05) is 25.0 Å². The molecule has 26 heavy (non-hydrogen) atoms. The Balaban J connectivity index is 1.55. The molecule has 2 atom stereocenters. The largest absolute Gasteiger partial charge is 0.369 e. The van der Waals surface area contributed by atoms with Gasteiger partial charge in [0.2, 0.25) is 5.91 Å². The number of nitrogens with zero attached hydrogens (tertiary/aromatic N) is 2. The number of primary amides is 1. The van der Waals surface area contributed by atoms with Gasteiger partial charge in [0.15, 0.2) is 0 Å². The van der Waals surface area contributed by atoms with E-state index >= 15 is 0 Å². The summed E-state index contributed by atoms with van der Waals surface area (Å²) in [5, 5.41) is 3.02. The summed E-state index contributed by atoms with van der Waals surface area (Å²) in [7, 11) is 2.15. The highest BCUT2D eigenvalue weighted by Crippen LogP contribution is 2.24. The van der Waals surface area contributed by atoms with E-state index in [0.29, 0.717) is 5.56 Å². The van der Waals surface area contributed by atoms with Crippen molar-refractivity contribution in [3.05, 3.63) is 35.4 Å². The standard InChI is InChI=1S/C20H30N4O2/c1-23-10-12-24(13-11-23)14-15-6-8-16(9-7-15)20(26)22-18-5-3-2-4-17(18)19(21)25/h6-9,17-18H,2-5,10-14H2,1H3,(H2,21,25)(H,22,26). The lowest BCUT2D eigenvalue weighted by Crippen LogP contribution is -2.47. The molecule has 142 valence electrons. The second kappa shape index (κ2) is 8.64. The van der Waals surface area contributed by atoms with Crippen molar-refractivity contribution in [2.45, 2.75) is 38.3 Å². The number of nitrogens with two attached hydrogens (primary N) is 1. The average Bonchev–Trinajstić information content (AvgIpc) is 2.64. The van der Waals surface area contributed by atoms with E-state index in [1.54, 1.807) is 0 Å². The van der Waals surface area contributed by atoms with E-state index in [9.17, 15) is 9.59 Å². The minimum atomic E-state index is -0.308. The van der Waals surface area contributed by atoms with Crippen molar-refractivity contribution >= 4 is 11.8 Å². The molecule has 1 aliphatic heterocycles. The van der Waals surface area contributed by atoms with Gasteiger partial charge < -0.3 is 16.0 Å². The topological polar surface area (TPSA) is 78.7 Å². The minimum Gasteiger partial charge on any atom is -0.369 e. The Morgan fingerprint density at radius 2 is 1.73 bits per heavy atom. The van der Waals surface area contributed by atoms with Gasteiger partial charge in [-0.25, -0.2) is 0 Å². The number of likely N-dealkylation sites (N-methyl/N-ethyl adjacent to an activating group) is 1. The van der Waals surface area contributed by atoms with Gasteiger partial charge in [0.1, 0.15) is 0 Å². The van der Waals surface area contributed by atoms with Gasteiger partial charge in [-0.2, -0.15) is 0 Å². The van der Waals surface area contributed by atoms with Crippen LogP contribution in [0.5, 0.6) is 0 Å². The molecule has 0 spiro atoms. The number of nitrogens with one attached hydrogen (secondary N) is 1. The summed E-state index contributed by atoms with van der Waals surface area (Å²) >= 11 is 0. The number of piperazine rings is 1. The van der Waals surface area contributed by atoms with Gasteiger partial charge in [0.05, 0.1) is 5.92 Å². The van der Waals surface area contributed by atoms with Gasteiger partial charge in [-0.05, 0) is 37.6 Å². The SMILES string of the molecule is CN1CCN(Cc2ccc(C(=O)NC3CCCCC3C(N)=O)cc2)CC1. The van der Waals surface area contributed by atoms with Crippen LogP contribution in [0.1, 0.15) is 41.6 Å². The maximum Gasteiger partial charge on any atom is 0.251 e. The molecule has 1 saturated carbocycles. The number of carbonyl (C=O) groups is 2. The highest BCUT2D eigenvalue weighted by Gasteiger charge is 2.30. The molecular weight excluding hydrogens is 328 g/mol. The number of hydrogen-bond acceptors (Lipinski definition) is 4. The summed E-state index contributed by atoms with van der Waals surface area (Å²) in [6.45, 7) is 5.28. The molecule has 3 N–H and O–H groups in total. The summed E-state index contributed by atoms with van der Waals surface area (Å²) < 4.78 is 0. The lowest BCUT2D eigenvalue weighted by Gasteiger charge is -2.32. The van der Waals surface area contributed by atoms with Gasteiger partial charge in [0, 0.05) is 44.3 Å². The first-order valence-corrected chi connectivity index (χ1v) is 9.63. The van der Waals surface area contributed by atoms with Crippen LogP contribution in [-0.2, 0) is 11.3 Å². The normalized spacial score (nSPS) is 25.0. The number of rotatable bonds is 5. The molecule has 2 amide bonds. The Bertz CT molecular complexity index is 623. The maximum atomic E-state index is 12.5. The van der Waals surface area contributed by atoms with Crippen LogP contribution < -0.4 is 11.1 Å². The third-order valence-electron chi connectivity index (χ3n) is 5.67. The van der Waals surface area contributed by atoms with Crippen molar-refractivity contribution in [1.29, 1.82) is 0 Å². The van der Waals surface area contributed by atoms with E-state index in [0.717, 1.165) is 58.4 Å². The fourth-order valence-corrected chi connectivity index (χ4v) is 3.92. The van der Waals surface area contributed by atoms with Crippen molar-refractivity contribution in [3.8, 4) is 0 Å².